The van der Waals surface area contributed by atoms with E-state index in [9.17, 15) is 14.7 Å². The van der Waals surface area contributed by atoms with E-state index in [1.54, 1.807) is 0 Å². The lowest BCUT2D eigenvalue weighted by Gasteiger charge is -2.28. The zero-order valence-electron chi connectivity index (χ0n) is 10.2. The lowest BCUT2D eigenvalue weighted by molar-refractivity contribution is -0.146. The van der Waals surface area contributed by atoms with Crippen molar-refractivity contribution in [1.29, 1.82) is 0 Å². The highest BCUT2D eigenvalue weighted by atomic mass is 16.4. The quantitative estimate of drug-likeness (QED) is 0.538. The van der Waals surface area contributed by atoms with Crippen LogP contribution >= 0.6 is 0 Å². The number of carboxylic acids is 1. The first-order valence-electron chi connectivity index (χ1n) is 6.12. The van der Waals surface area contributed by atoms with Gasteiger partial charge in [-0.25, -0.2) is 9.59 Å². The summed E-state index contributed by atoms with van der Waals surface area (Å²) in [5, 5.41) is 29.2. The second-order valence-electron chi connectivity index (χ2n) is 4.42. The van der Waals surface area contributed by atoms with E-state index in [4.69, 9.17) is 10.2 Å². The number of carbonyl (C=O) groups excluding carboxylic acids is 1. The highest BCUT2D eigenvalue weighted by molar-refractivity contribution is 5.77. The molecule has 0 spiro atoms. The highest BCUT2D eigenvalue weighted by Gasteiger charge is 2.25. The first kappa shape index (κ1) is 14.7. The summed E-state index contributed by atoms with van der Waals surface area (Å²) in [5.74, 6) is -1.37. The molecule has 1 fully saturated rings. The molecular formula is C11H20N2O5. The van der Waals surface area contributed by atoms with Gasteiger partial charge in [-0.15, -0.1) is 0 Å². The van der Waals surface area contributed by atoms with Gasteiger partial charge in [0.05, 0.1) is 19.2 Å². The van der Waals surface area contributed by atoms with Crippen LogP contribution in [0.15, 0.2) is 0 Å². The molecule has 2 atom stereocenters. The van der Waals surface area contributed by atoms with Crippen molar-refractivity contribution in [3.63, 3.8) is 0 Å². The summed E-state index contributed by atoms with van der Waals surface area (Å²) in [7, 11) is 0. The molecule has 1 aliphatic rings. The largest absolute Gasteiger partial charge is 0.479 e. The summed E-state index contributed by atoms with van der Waals surface area (Å²) in [4.78, 5) is 23.8. The Balaban J connectivity index is 2.49. The van der Waals surface area contributed by atoms with E-state index in [1.807, 2.05) is 0 Å². The molecule has 4 N–H and O–H groups in total. The Kier molecular flexibility index (Phi) is 5.87. The average molecular weight is 260 g/mol. The third-order valence-electron chi connectivity index (χ3n) is 3.08. The van der Waals surface area contributed by atoms with Crippen LogP contribution in [0.2, 0.25) is 0 Å². The molecule has 7 nitrogen and oxygen atoms in total. The second kappa shape index (κ2) is 7.17. The number of likely N-dealkylation sites (tertiary alicyclic amines) is 1. The molecule has 2 unspecified atom stereocenters. The van der Waals surface area contributed by atoms with Gasteiger partial charge in [0, 0.05) is 6.54 Å². The number of urea groups is 1. The second-order valence-corrected chi connectivity index (χ2v) is 4.42. The Hall–Kier alpha value is -1.34. The van der Waals surface area contributed by atoms with Gasteiger partial charge in [-0.2, -0.15) is 0 Å². The molecule has 1 heterocycles. The number of hydrogen-bond donors (Lipinski definition) is 4. The van der Waals surface area contributed by atoms with Gasteiger partial charge in [0.1, 0.15) is 0 Å². The van der Waals surface area contributed by atoms with Crippen LogP contribution in [0.5, 0.6) is 0 Å². The van der Waals surface area contributed by atoms with Crippen LogP contribution in [-0.4, -0.2) is 64.1 Å². The van der Waals surface area contributed by atoms with Gasteiger partial charge in [0.25, 0.3) is 0 Å². The standard InChI is InChI=1S/C11H20N2O5/c14-7-8-4-2-1-3-5-13(8)11(18)12-6-9(15)10(16)17/h8-9,14-15H,1-7H2,(H,12,18)(H,16,17). The van der Waals surface area contributed by atoms with Crippen LogP contribution in [0.4, 0.5) is 4.79 Å². The van der Waals surface area contributed by atoms with E-state index < -0.39 is 18.1 Å². The molecule has 0 aromatic heterocycles. The zero-order valence-corrected chi connectivity index (χ0v) is 10.2. The molecule has 1 aliphatic heterocycles. The first-order valence-corrected chi connectivity index (χ1v) is 6.12. The fourth-order valence-electron chi connectivity index (χ4n) is 2.01. The van der Waals surface area contributed by atoms with E-state index in [0.29, 0.717) is 6.54 Å². The third kappa shape index (κ3) is 4.15. The van der Waals surface area contributed by atoms with E-state index in [2.05, 4.69) is 5.32 Å². The Bertz CT molecular complexity index is 297. The topological polar surface area (TPSA) is 110 Å². The van der Waals surface area contributed by atoms with Gasteiger partial charge in [-0.3, -0.25) is 0 Å². The molecule has 1 rings (SSSR count). The Labute approximate surface area is 105 Å². The molecule has 18 heavy (non-hydrogen) atoms. The molecule has 0 aromatic rings. The van der Waals surface area contributed by atoms with Gasteiger partial charge in [0.15, 0.2) is 6.10 Å². The molecular weight excluding hydrogens is 240 g/mol. The van der Waals surface area contributed by atoms with Gasteiger partial charge in [0.2, 0.25) is 0 Å². The van der Waals surface area contributed by atoms with Crippen molar-refractivity contribution >= 4 is 12.0 Å². The predicted octanol–water partition coefficient (Wildman–Crippen LogP) is -0.622. The number of aliphatic carboxylic acids is 1. The molecule has 7 heteroatoms. The Morgan fingerprint density at radius 3 is 2.67 bits per heavy atom. The molecule has 1 saturated heterocycles. The average Bonchev–Trinajstić information content (AvgIpc) is 2.60. The van der Waals surface area contributed by atoms with E-state index in [0.717, 1.165) is 25.7 Å². The number of carbonyl (C=O) groups is 2. The summed E-state index contributed by atoms with van der Waals surface area (Å²) in [5.41, 5.74) is 0. The molecule has 0 saturated carbocycles. The van der Waals surface area contributed by atoms with Crippen molar-refractivity contribution in [2.24, 2.45) is 0 Å². The SMILES string of the molecule is O=C(O)C(O)CNC(=O)N1CCCCCC1CO. The van der Waals surface area contributed by atoms with Crippen LogP contribution in [-0.2, 0) is 4.79 Å². The highest BCUT2D eigenvalue weighted by Crippen LogP contribution is 2.16. The van der Waals surface area contributed by atoms with Crippen LogP contribution in [0, 0.1) is 0 Å². The summed E-state index contributed by atoms with van der Waals surface area (Å²) < 4.78 is 0. The maximum atomic E-state index is 11.8. The number of carboxylic acid groups (broad SMARTS) is 1. The molecule has 2 amide bonds. The van der Waals surface area contributed by atoms with Crippen LogP contribution < -0.4 is 5.32 Å². The summed E-state index contributed by atoms with van der Waals surface area (Å²) in [6, 6.07) is -0.661. The Morgan fingerprint density at radius 2 is 2.06 bits per heavy atom. The maximum Gasteiger partial charge on any atom is 0.334 e. The minimum atomic E-state index is -1.60. The number of nitrogens with one attached hydrogen (secondary N) is 1. The number of hydrogen-bond acceptors (Lipinski definition) is 4. The van der Waals surface area contributed by atoms with Crippen molar-refractivity contribution in [2.45, 2.75) is 37.8 Å². The lowest BCUT2D eigenvalue weighted by atomic mass is 10.1. The summed E-state index contributed by atoms with van der Waals surface area (Å²) >= 11 is 0. The van der Waals surface area contributed by atoms with Gasteiger partial charge < -0.3 is 25.5 Å². The monoisotopic (exact) mass is 260 g/mol. The van der Waals surface area contributed by atoms with Gasteiger partial charge in [-0.1, -0.05) is 12.8 Å². The summed E-state index contributed by atoms with van der Waals surface area (Å²) in [6.45, 7) is 0.109. The zero-order chi connectivity index (χ0) is 13.5. The summed E-state index contributed by atoms with van der Waals surface area (Å²) in [6.07, 6.45) is 1.98. The van der Waals surface area contributed by atoms with Crippen molar-refractivity contribution in [1.82, 2.24) is 10.2 Å². The number of amides is 2. The lowest BCUT2D eigenvalue weighted by Crippen LogP contribution is -2.49. The Morgan fingerprint density at radius 1 is 1.33 bits per heavy atom. The van der Waals surface area contributed by atoms with Crippen molar-refractivity contribution in [3.05, 3.63) is 0 Å². The van der Waals surface area contributed by atoms with Crippen LogP contribution in [0.1, 0.15) is 25.7 Å². The number of aliphatic hydroxyl groups is 2. The minimum absolute atomic E-state index is 0.102. The first-order chi connectivity index (χ1) is 8.56. The van der Waals surface area contributed by atoms with Gasteiger partial charge in [-0.05, 0) is 12.8 Å². The predicted molar refractivity (Wildman–Crippen MR) is 63.1 cm³/mol. The number of nitrogens with zero attached hydrogens (tertiary/aromatic N) is 1. The van der Waals surface area contributed by atoms with E-state index >= 15 is 0 Å². The van der Waals surface area contributed by atoms with Crippen molar-refractivity contribution in [3.8, 4) is 0 Å². The van der Waals surface area contributed by atoms with Gasteiger partial charge >= 0.3 is 12.0 Å². The van der Waals surface area contributed by atoms with Crippen molar-refractivity contribution < 1.29 is 24.9 Å². The molecule has 0 aliphatic carbocycles. The molecule has 104 valence electrons. The molecule has 0 radical (unpaired) electrons. The smallest absolute Gasteiger partial charge is 0.334 e. The van der Waals surface area contributed by atoms with Crippen LogP contribution in [0.25, 0.3) is 0 Å². The van der Waals surface area contributed by atoms with E-state index in [-0.39, 0.29) is 19.2 Å². The molecule has 0 aromatic carbocycles. The fourth-order valence-corrected chi connectivity index (χ4v) is 2.01. The maximum absolute atomic E-state index is 11.8. The molecule has 0 bridgehead atoms. The minimum Gasteiger partial charge on any atom is -0.479 e. The van der Waals surface area contributed by atoms with E-state index in [1.165, 1.54) is 4.90 Å². The fraction of sp³-hybridized carbons (Fsp3) is 0.818. The van der Waals surface area contributed by atoms with Crippen LogP contribution in [0.3, 0.4) is 0 Å². The number of aliphatic hydroxyl groups excluding tert-OH is 2. The van der Waals surface area contributed by atoms with Crippen molar-refractivity contribution in [2.75, 3.05) is 19.7 Å². The normalized spacial score (nSPS) is 22.1. The third-order valence-corrected chi connectivity index (χ3v) is 3.08. The number of rotatable bonds is 4.